The van der Waals surface area contributed by atoms with E-state index in [2.05, 4.69) is 0 Å². The van der Waals surface area contributed by atoms with E-state index in [0.29, 0.717) is 22.6 Å². The largest absolute Gasteiger partial charge is 0.493 e. The van der Waals surface area contributed by atoms with Gasteiger partial charge in [-0.2, -0.15) is 0 Å². The number of alkyl halides is 15. The fourth-order valence-electron chi connectivity index (χ4n) is 8.03. The van der Waals surface area contributed by atoms with Crippen LogP contribution in [0, 0.1) is 17.8 Å². The molecule has 218 valence electrons. The Morgan fingerprint density at radius 2 is 0.949 bits per heavy atom. The normalized spacial score (nSPS) is 47.4. The van der Waals surface area contributed by atoms with Gasteiger partial charge < -0.3 is 9.47 Å². The zero-order valence-electron chi connectivity index (χ0n) is 19.0. The molecule has 2 nitrogen and oxygen atoms in total. The van der Waals surface area contributed by atoms with Crippen molar-refractivity contribution in [3.05, 3.63) is 23.3 Å². The highest BCUT2D eigenvalue weighted by Crippen LogP contribution is 2.93. The molecule has 5 aliphatic rings. The Bertz CT molecular complexity index is 1310. The minimum atomic E-state index is -2.24. The maximum atomic E-state index is 7.41. The molecule has 17 heteroatoms. The second kappa shape index (κ2) is 8.55. The van der Waals surface area contributed by atoms with E-state index in [9.17, 15) is 0 Å². The van der Waals surface area contributed by atoms with Crippen LogP contribution in [0.15, 0.2) is 12.1 Å². The Kier molecular flexibility index (Phi) is 7.04. The maximum Gasteiger partial charge on any atom is 0.175 e. The number of rotatable bonds is 2. The zero-order chi connectivity index (χ0) is 29.5. The van der Waals surface area contributed by atoms with Crippen molar-refractivity contribution < 1.29 is 9.47 Å². The van der Waals surface area contributed by atoms with Crippen LogP contribution < -0.4 is 9.47 Å². The zero-order valence-corrected chi connectivity index (χ0v) is 30.4. The number of halogens is 15. The number of ether oxygens (including phenoxy) is 2. The first-order valence-electron chi connectivity index (χ1n) is 11.1. The average Bonchev–Trinajstić information content (AvgIpc) is 3.17. The van der Waals surface area contributed by atoms with Gasteiger partial charge in [-0.05, 0) is 35.1 Å². The molecular weight excluding hydrogens is 828 g/mol. The van der Waals surface area contributed by atoms with Gasteiger partial charge in [-0.3, -0.25) is 0 Å². The van der Waals surface area contributed by atoms with E-state index in [1.807, 2.05) is 0 Å². The fraction of sp³-hybridized carbons (Fsp3) is 0.727. The summed E-state index contributed by atoms with van der Waals surface area (Å²) >= 11 is 106. The third-order valence-corrected chi connectivity index (χ3v) is 20.7. The van der Waals surface area contributed by atoms with Crippen LogP contribution in [0.5, 0.6) is 11.5 Å². The van der Waals surface area contributed by atoms with Crippen molar-refractivity contribution in [3.63, 3.8) is 0 Å². The van der Waals surface area contributed by atoms with Crippen LogP contribution >= 0.6 is 174 Å². The van der Waals surface area contributed by atoms with Crippen molar-refractivity contribution in [2.45, 2.75) is 52.5 Å². The molecule has 0 unspecified atom stereocenters. The van der Waals surface area contributed by atoms with E-state index in [0.717, 1.165) is 0 Å². The van der Waals surface area contributed by atoms with E-state index in [-0.39, 0.29) is 0 Å². The second-order valence-corrected chi connectivity index (χ2v) is 20.4. The van der Waals surface area contributed by atoms with Gasteiger partial charge in [0.1, 0.15) is 19.0 Å². The molecule has 0 aliphatic heterocycles. The SMILES string of the molecule is COc1cc2c(cc1OC)[C@@H]1[C@H]([C@@H]3[C@@H]2[C@@]2(Cl)C(Cl)(Cl)[C@@H]3C(Cl)(Cl)C2(Cl)Cl)[C@@]2(Cl)C(Cl)(Cl)C(Cl)(Cl)[C@@]1(Cl)C2(Cl)Cl. The molecule has 5 aliphatic carbocycles. The lowest BCUT2D eigenvalue weighted by Gasteiger charge is -2.60. The van der Waals surface area contributed by atoms with E-state index < -0.39 is 70.2 Å². The number of hydrogen-bond donors (Lipinski definition) is 0. The summed E-state index contributed by atoms with van der Waals surface area (Å²) in [5.74, 6) is -4.15. The molecule has 0 spiro atoms. The Morgan fingerprint density at radius 3 is 1.41 bits per heavy atom. The van der Waals surface area contributed by atoms with Gasteiger partial charge in [0.2, 0.25) is 0 Å². The lowest BCUT2D eigenvalue weighted by molar-refractivity contribution is 0.108. The molecule has 0 amide bonds. The van der Waals surface area contributed by atoms with Crippen molar-refractivity contribution in [1.29, 1.82) is 0 Å². The highest BCUT2D eigenvalue weighted by molar-refractivity contribution is 6.75. The summed E-state index contributed by atoms with van der Waals surface area (Å²) in [5, 5.41) is 0. The topological polar surface area (TPSA) is 18.5 Å². The first kappa shape index (κ1) is 32.1. The molecule has 0 radical (unpaired) electrons. The molecule has 6 rings (SSSR count). The molecule has 1 aromatic rings. The predicted octanol–water partition coefficient (Wildman–Crippen LogP) is 10.8. The van der Waals surface area contributed by atoms with E-state index in [4.69, 9.17) is 183 Å². The summed E-state index contributed by atoms with van der Waals surface area (Å²) in [7, 11) is 2.92. The molecule has 1 aromatic carbocycles. The average molecular weight is 841 g/mol. The monoisotopic (exact) mass is 834 g/mol. The summed E-state index contributed by atoms with van der Waals surface area (Å²) in [6, 6.07) is 3.35. The summed E-state index contributed by atoms with van der Waals surface area (Å²) in [4.78, 5) is -5.98. The Balaban J connectivity index is 1.79. The molecule has 0 N–H and O–H groups in total. The van der Waals surface area contributed by atoms with Gasteiger partial charge in [0.25, 0.3) is 0 Å². The maximum absolute atomic E-state index is 7.41. The molecule has 4 fully saturated rings. The van der Waals surface area contributed by atoms with E-state index in [1.165, 1.54) is 14.2 Å². The summed E-state index contributed by atoms with van der Waals surface area (Å²) in [6.07, 6.45) is 0. The fourth-order valence-corrected chi connectivity index (χ4v) is 16.3. The van der Waals surface area contributed by atoms with Crippen molar-refractivity contribution >= 4 is 174 Å². The van der Waals surface area contributed by atoms with Crippen LogP contribution in [-0.2, 0) is 0 Å². The number of benzene rings is 1. The van der Waals surface area contributed by atoms with Crippen molar-refractivity contribution in [1.82, 2.24) is 0 Å². The van der Waals surface area contributed by atoms with Crippen molar-refractivity contribution in [3.8, 4) is 11.5 Å². The van der Waals surface area contributed by atoms with Gasteiger partial charge in [-0.15, -0.1) is 34.8 Å². The highest BCUT2D eigenvalue weighted by atomic mass is 35.6. The van der Waals surface area contributed by atoms with Crippen LogP contribution in [0.3, 0.4) is 0 Å². The third-order valence-electron chi connectivity index (χ3n) is 9.48. The predicted molar refractivity (Wildman–Crippen MR) is 168 cm³/mol. The van der Waals surface area contributed by atoms with Gasteiger partial charge in [-0.1, -0.05) is 139 Å². The van der Waals surface area contributed by atoms with Gasteiger partial charge in [0.05, 0.1) is 14.2 Å². The lowest BCUT2D eigenvalue weighted by Crippen LogP contribution is -2.67. The van der Waals surface area contributed by atoms with E-state index >= 15 is 0 Å². The highest BCUT2D eigenvalue weighted by Gasteiger charge is 3.00. The third kappa shape index (κ3) is 2.84. The van der Waals surface area contributed by atoms with Crippen LogP contribution in [0.25, 0.3) is 0 Å². The summed E-state index contributed by atoms with van der Waals surface area (Å²) < 4.78 is -1.48. The Labute approximate surface area is 299 Å². The quantitative estimate of drug-likeness (QED) is 0.276. The second-order valence-electron chi connectivity index (χ2n) is 10.6. The van der Waals surface area contributed by atoms with Gasteiger partial charge >= 0.3 is 0 Å². The molecule has 39 heavy (non-hydrogen) atoms. The molecule has 0 heterocycles. The standard InChI is InChI=1S/C22H13Cl15O2/c1-38-7-3-5-6(4-8(7)39-2)11-12(16(25)19(30,31)15(11,24)21(34,35)22(16,36)37)9-10(5)14(23)17(26,27)13(9)18(28,29)20(14,32)33/h3-4,9-13H,1-2H3/t9-,10+,11+,12-,13+,14+,15-,16-/m0/s1. The van der Waals surface area contributed by atoms with Crippen LogP contribution in [0.4, 0.5) is 0 Å². The number of fused-ring (bicyclic) bond motifs is 14. The first-order valence-corrected chi connectivity index (χ1v) is 16.7. The van der Waals surface area contributed by atoms with Gasteiger partial charge in [0.15, 0.2) is 33.2 Å². The van der Waals surface area contributed by atoms with Crippen LogP contribution in [0.1, 0.15) is 23.0 Å². The lowest BCUT2D eigenvalue weighted by atomic mass is 9.54. The minimum absolute atomic E-state index is 0.328. The molecule has 4 bridgehead atoms. The Morgan fingerprint density at radius 1 is 0.513 bits per heavy atom. The van der Waals surface area contributed by atoms with E-state index in [1.54, 1.807) is 12.1 Å². The molecule has 8 atom stereocenters. The van der Waals surface area contributed by atoms with Crippen molar-refractivity contribution in [2.24, 2.45) is 17.8 Å². The first-order chi connectivity index (χ1) is 17.5. The smallest absolute Gasteiger partial charge is 0.175 e. The van der Waals surface area contributed by atoms with Gasteiger partial charge in [-0.25, -0.2) is 0 Å². The summed E-state index contributed by atoms with van der Waals surface area (Å²) in [5.41, 5.74) is 1.01. The van der Waals surface area contributed by atoms with Crippen molar-refractivity contribution in [2.75, 3.05) is 14.2 Å². The van der Waals surface area contributed by atoms with Crippen LogP contribution in [0.2, 0.25) is 0 Å². The molecular formula is C22H13Cl15O2. The Hall–Kier alpha value is 3.17. The number of hydrogen-bond acceptors (Lipinski definition) is 2. The molecule has 0 aromatic heterocycles. The number of methoxy groups -OCH3 is 2. The minimum Gasteiger partial charge on any atom is -0.493 e. The molecule has 0 saturated heterocycles. The summed E-state index contributed by atoms with van der Waals surface area (Å²) in [6.45, 7) is 0. The van der Waals surface area contributed by atoms with Crippen LogP contribution in [-0.4, -0.2) is 54.8 Å². The molecule has 4 saturated carbocycles. The van der Waals surface area contributed by atoms with Gasteiger partial charge in [0, 0.05) is 17.8 Å².